The molecule has 0 aromatic heterocycles. The second-order valence-corrected chi connectivity index (χ2v) is 5.21. The first-order chi connectivity index (χ1) is 8.40. The van der Waals surface area contributed by atoms with Crippen LogP contribution in [0.15, 0.2) is 11.6 Å². The summed E-state index contributed by atoms with van der Waals surface area (Å²) in [5.41, 5.74) is 1.16. The lowest BCUT2D eigenvalue weighted by Gasteiger charge is -2.32. The first-order valence-corrected chi connectivity index (χ1v) is 6.31. The number of carbonyl (C=O) groups excluding carboxylic acids is 1. The summed E-state index contributed by atoms with van der Waals surface area (Å²) in [5, 5.41) is 8.87. The van der Waals surface area contributed by atoms with Crippen molar-refractivity contribution in [3.8, 4) is 0 Å². The third kappa shape index (κ3) is 4.39. The minimum atomic E-state index is -0.965. The molecule has 0 spiro atoms. The smallest absolute Gasteiger partial charge is 0.323 e. The number of carbonyl (C=O) groups is 2. The lowest BCUT2D eigenvalue weighted by atomic mass is 10.1. The molecule has 0 bridgehead atoms. The summed E-state index contributed by atoms with van der Waals surface area (Å²) in [5.74, 6) is -0.706. The van der Waals surface area contributed by atoms with Crippen LogP contribution in [0, 0.1) is 5.92 Å². The van der Waals surface area contributed by atoms with Gasteiger partial charge in [0.15, 0.2) is 0 Å². The van der Waals surface area contributed by atoms with Gasteiger partial charge in [0.2, 0.25) is 0 Å². The van der Waals surface area contributed by atoms with Crippen molar-refractivity contribution in [2.24, 2.45) is 5.92 Å². The van der Waals surface area contributed by atoms with Crippen molar-refractivity contribution in [1.29, 1.82) is 0 Å². The molecule has 0 atom stereocenters. The molecule has 0 aromatic carbocycles. The Balaban J connectivity index is 2.69. The normalized spacial score (nSPS) is 15.6. The number of amides is 2. The van der Waals surface area contributed by atoms with E-state index in [0.29, 0.717) is 19.6 Å². The standard InChI is InChI=1S/C13H22N2O3/c1-10(2)7-15(9-12(16)17)13(18)14-6-4-5-11(3)8-14/h5,10H,4,6-9H2,1-3H3,(H,16,17). The Labute approximate surface area is 108 Å². The summed E-state index contributed by atoms with van der Waals surface area (Å²) in [6.45, 7) is 7.47. The van der Waals surface area contributed by atoms with Gasteiger partial charge >= 0.3 is 12.0 Å². The van der Waals surface area contributed by atoms with Crippen LogP contribution in [0.1, 0.15) is 27.2 Å². The molecule has 5 heteroatoms. The van der Waals surface area contributed by atoms with E-state index in [-0.39, 0.29) is 18.5 Å². The van der Waals surface area contributed by atoms with Crippen molar-refractivity contribution in [3.05, 3.63) is 11.6 Å². The second-order valence-electron chi connectivity index (χ2n) is 5.21. The van der Waals surface area contributed by atoms with Crippen LogP contribution in [0.25, 0.3) is 0 Å². The third-order valence-corrected chi connectivity index (χ3v) is 2.78. The molecular weight excluding hydrogens is 232 g/mol. The third-order valence-electron chi connectivity index (χ3n) is 2.78. The Morgan fingerprint density at radius 1 is 1.50 bits per heavy atom. The summed E-state index contributed by atoms with van der Waals surface area (Å²) >= 11 is 0. The predicted molar refractivity (Wildman–Crippen MR) is 69.4 cm³/mol. The zero-order valence-corrected chi connectivity index (χ0v) is 11.3. The molecule has 0 aromatic rings. The van der Waals surface area contributed by atoms with Crippen molar-refractivity contribution < 1.29 is 14.7 Å². The van der Waals surface area contributed by atoms with E-state index >= 15 is 0 Å². The van der Waals surface area contributed by atoms with Crippen molar-refractivity contribution in [2.45, 2.75) is 27.2 Å². The van der Waals surface area contributed by atoms with Gasteiger partial charge in [-0.25, -0.2) is 4.79 Å². The zero-order chi connectivity index (χ0) is 13.7. The highest BCUT2D eigenvalue weighted by Gasteiger charge is 2.24. The van der Waals surface area contributed by atoms with Gasteiger partial charge in [0.25, 0.3) is 0 Å². The fraction of sp³-hybridized carbons (Fsp3) is 0.692. The minimum absolute atomic E-state index is 0.168. The number of aliphatic carboxylic acids is 1. The Bertz CT molecular complexity index is 350. The highest BCUT2D eigenvalue weighted by atomic mass is 16.4. The maximum atomic E-state index is 12.3. The van der Waals surface area contributed by atoms with E-state index in [4.69, 9.17) is 5.11 Å². The summed E-state index contributed by atoms with van der Waals surface area (Å²) in [6, 6.07) is -0.168. The van der Waals surface area contributed by atoms with Crippen LogP contribution in [0.2, 0.25) is 0 Å². The van der Waals surface area contributed by atoms with Crippen LogP contribution >= 0.6 is 0 Å². The fourth-order valence-electron chi connectivity index (χ4n) is 2.09. The number of hydrogen-bond acceptors (Lipinski definition) is 2. The van der Waals surface area contributed by atoms with Crippen molar-refractivity contribution in [1.82, 2.24) is 9.80 Å². The number of carboxylic acid groups (broad SMARTS) is 1. The van der Waals surface area contributed by atoms with Gasteiger partial charge in [-0.05, 0) is 19.3 Å². The van der Waals surface area contributed by atoms with Gasteiger partial charge in [0.05, 0.1) is 0 Å². The summed E-state index contributed by atoms with van der Waals surface area (Å²) in [7, 11) is 0. The van der Waals surface area contributed by atoms with E-state index in [1.807, 2.05) is 20.8 Å². The van der Waals surface area contributed by atoms with E-state index in [2.05, 4.69) is 6.08 Å². The van der Waals surface area contributed by atoms with Gasteiger partial charge in [0.1, 0.15) is 6.54 Å². The predicted octanol–water partition coefficient (Wildman–Crippen LogP) is 1.80. The van der Waals surface area contributed by atoms with E-state index in [1.165, 1.54) is 4.90 Å². The van der Waals surface area contributed by atoms with Crippen LogP contribution in [0.4, 0.5) is 4.79 Å². The molecule has 0 aliphatic carbocycles. The average Bonchev–Trinajstić information content (AvgIpc) is 2.26. The second kappa shape index (κ2) is 6.42. The van der Waals surface area contributed by atoms with Gasteiger partial charge in [-0.1, -0.05) is 25.5 Å². The molecule has 0 fully saturated rings. The Morgan fingerprint density at radius 3 is 2.67 bits per heavy atom. The molecule has 0 unspecified atom stereocenters. The molecule has 1 aliphatic rings. The van der Waals surface area contributed by atoms with Gasteiger partial charge in [-0.3, -0.25) is 4.79 Å². The molecule has 0 radical (unpaired) electrons. The van der Waals surface area contributed by atoms with Gasteiger partial charge < -0.3 is 14.9 Å². The average molecular weight is 254 g/mol. The molecule has 1 N–H and O–H groups in total. The highest BCUT2D eigenvalue weighted by molar-refractivity contribution is 5.80. The monoisotopic (exact) mass is 254 g/mol. The van der Waals surface area contributed by atoms with E-state index < -0.39 is 5.97 Å². The Hall–Kier alpha value is -1.52. The highest BCUT2D eigenvalue weighted by Crippen LogP contribution is 2.12. The van der Waals surface area contributed by atoms with Crippen LogP contribution in [0.3, 0.4) is 0 Å². The number of hydrogen-bond donors (Lipinski definition) is 1. The lowest BCUT2D eigenvalue weighted by Crippen LogP contribution is -2.48. The summed E-state index contributed by atoms with van der Waals surface area (Å²) < 4.78 is 0. The maximum Gasteiger partial charge on any atom is 0.323 e. The number of urea groups is 1. The molecular formula is C13H22N2O3. The fourth-order valence-corrected chi connectivity index (χ4v) is 2.09. The summed E-state index contributed by atoms with van der Waals surface area (Å²) in [6.07, 6.45) is 2.97. The Morgan fingerprint density at radius 2 is 2.17 bits per heavy atom. The van der Waals surface area contributed by atoms with Crippen LogP contribution in [-0.4, -0.2) is 53.1 Å². The van der Waals surface area contributed by atoms with Gasteiger partial charge in [0, 0.05) is 19.6 Å². The van der Waals surface area contributed by atoms with Gasteiger partial charge in [-0.15, -0.1) is 0 Å². The molecule has 2 amide bonds. The largest absolute Gasteiger partial charge is 0.480 e. The zero-order valence-electron chi connectivity index (χ0n) is 11.3. The topological polar surface area (TPSA) is 60.9 Å². The quantitative estimate of drug-likeness (QED) is 0.778. The van der Waals surface area contributed by atoms with Gasteiger partial charge in [-0.2, -0.15) is 0 Å². The van der Waals surface area contributed by atoms with E-state index in [1.54, 1.807) is 4.90 Å². The lowest BCUT2D eigenvalue weighted by molar-refractivity contribution is -0.137. The number of rotatable bonds is 4. The molecule has 102 valence electrons. The van der Waals surface area contributed by atoms with E-state index in [9.17, 15) is 9.59 Å². The first-order valence-electron chi connectivity index (χ1n) is 6.31. The molecule has 1 aliphatic heterocycles. The van der Waals surface area contributed by atoms with Crippen LogP contribution in [-0.2, 0) is 4.79 Å². The molecule has 1 rings (SSSR count). The molecule has 0 saturated carbocycles. The van der Waals surface area contributed by atoms with Crippen molar-refractivity contribution in [3.63, 3.8) is 0 Å². The van der Waals surface area contributed by atoms with Crippen molar-refractivity contribution in [2.75, 3.05) is 26.2 Å². The SMILES string of the molecule is CC1=CCCN(C(=O)N(CC(=O)O)CC(C)C)C1. The Kier molecular flexibility index (Phi) is 5.19. The molecule has 0 saturated heterocycles. The number of nitrogens with zero attached hydrogens (tertiary/aromatic N) is 2. The van der Waals surface area contributed by atoms with Crippen molar-refractivity contribution >= 4 is 12.0 Å². The maximum absolute atomic E-state index is 12.3. The molecule has 1 heterocycles. The van der Waals surface area contributed by atoms with Crippen LogP contribution < -0.4 is 0 Å². The molecule has 18 heavy (non-hydrogen) atoms. The first kappa shape index (κ1) is 14.5. The molecule has 5 nitrogen and oxygen atoms in total. The van der Waals surface area contributed by atoms with Crippen LogP contribution in [0.5, 0.6) is 0 Å². The van der Waals surface area contributed by atoms with E-state index in [0.717, 1.165) is 12.0 Å². The number of carboxylic acids is 1. The minimum Gasteiger partial charge on any atom is -0.480 e. The summed E-state index contributed by atoms with van der Waals surface area (Å²) in [4.78, 5) is 26.2.